The molecule has 0 atom stereocenters. The normalized spacial score (nSPS) is 22.5. The molecule has 24 heavy (non-hydrogen) atoms. The first-order valence-corrected chi connectivity index (χ1v) is 8.78. The Labute approximate surface area is 160 Å². The van der Waals surface area contributed by atoms with Crippen LogP contribution in [0.25, 0.3) is 0 Å². The second kappa shape index (κ2) is 10.7. The average molecular weight is 460 g/mol. The van der Waals surface area contributed by atoms with Crippen molar-refractivity contribution in [3.63, 3.8) is 0 Å². The molecule has 0 aromatic carbocycles. The van der Waals surface area contributed by atoms with Crippen molar-refractivity contribution in [2.24, 2.45) is 4.99 Å². The van der Waals surface area contributed by atoms with Crippen LogP contribution in [0.5, 0.6) is 0 Å². The summed E-state index contributed by atoms with van der Waals surface area (Å²) in [5.74, 6) is 0.722. The molecule has 5 nitrogen and oxygen atoms in total. The average Bonchev–Trinajstić information content (AvgIpc) is 2.94. The molecule has 2 rings (SSSR count). The summed E-state index contributed by atoms with van der Waals surface area (Å²) in [6.45, 7) is 4.43. The molecule has 2 aliphatic rings. The van der Waals surface area contributed by atoms with Crippen LogP contribution in [0.1, 0.15) is 45.4 Å². The van der Waals surface area contributed by atoms with Crippen LogP contribution >= 0.6 is 24.0 Å². The number of hydrogen-bond acceptors (Lipinski definition) is 3. The topological polar surface area (TPSA) is 59.9 Å². The third-order valence-corrected chi connectivity index (χ3v) is 4.73. The third kappa shape index (κ3) is 7.35. The second-order valence-electron chi connectivity index (χ2n) is 6.74. The van der Waals surface area contributed by atoms with Gasteiger partial charge in [-0.2, -0.15) is 0 Å². The van der Waals surface area contributed by atoms with E-state index < -0.39 is 12.0 Å². The van der Waals surface area contributed by atoms with E-state index >= 15 is 0 Å². The molecule has 1 saturated carbocycles. The van der Waals surface area contributed by atoms with Gasteiger partial charge in [-0.05, 0) is 32.6 Å². The molecule has 0 bridgehead atoms. The van der Waals surface area contributed by atoms with E-state index in [1.54, 1.807) is 0 Å². The summed E-state index contributed by atoms with van der Waals surface area (Å²) >= 11 is 0. The predicted octanol–water partition coefficient (Wildman–Crippen LogP) is 2.19. The maximum atomic E-state index is 12.4. The number of likely N-dealkylation sites (tertiary alicyclic amines) is 1. The summed E-state index contributed by atoms with van der Waals surface area (Å²) in [5, 5.41) is 17.0. The first kappa shape index (κ1) is 21.8. The van der Waals surface area contributed by atoms with Gasteiger partial charge in [-0.1, -0.05) is 12.8 Å². The van der Waals surface area contributed by atoms with Crippen molar-refractivity contribution in [3.8, 4) is 0 Å². The second-order valence-corrected chi connectivity index (χ2v) is 6.74. The molecule has 0 unspecified atom stereocenters. The summed E-state index contributed by atoms with van der Waals surface area (Å²) in [6.07, 6.45) is 3.19. The van der Waals surface area contributed by atoms with Gasteiger partial charge in [-0.15, -0.1) is 24.0 Å². The first-order chi connectivity index (χ1) is 11.0. The lowest BCUT2D eigenvalue weighted by Gasteiger charge is -2.33. The molecular formula is C16H31F2IN4O. The Kier molecular flexibility index (Phi) is 9.73. The smallest absolute Gasteiger partial charge is 0.251 e. The minimum absolute atomic E-state index is 0. The van der Waals surface area contributed by atoms with Gasteiger partial charge in [0.15, 0.2) is 5.96 Å². The molecule has 8 heteroatoms. The molecule has 1 aliphatic carbocycles. The van der Waals surface area contributed by atoms with Crippen LogP contribution < -0.4 is 10.6 Å². The van der Waals surface area contributed by atoms with Crippen LogP contribution in [0.3, 0.4) is 0 Å². The standard InChI is InChI=1S/C16H30F2N4O.HI/c1-2-19-15(20-12-16(23)7-3-4-8-16)21-13-5-9-22(10-6-13)11-14(17)18;/h13-14,23H,2-12H2,1H3,(H2,19,20,21);1H. The summed E-state index contributed by atoms with van der Waals surface area (Å²) < 4.78 is 24.8. The van der Waals surface area contributed by atoms with Crippen LogP contribution in [0, 0.1) is 0 Å². The number of aliphatic imine (C=N–C) groups is 1. The number of guanidine groups is 1. The highest BCUT2D eigenvalue weighted by molar-refractivity contribution is 14.0. The summed E-state index contributed by atoms with van der Waals surface area (Å²) in [5.41, 5.74) is -0.650. The lowest BCUT2D eigenvalue weighted by atomic mass is 10.0. The fraction of sp³-hybridized carbons (Fsp3) is 0.938. The number of hydrogen-bond donors (Lipinski definition) is 3. The quantitative estimate of drug-likeness (QED) is 0.323. The highest BCUT2D eigenvalue weighted by Crippen LogP contribution is 2.29. The number of rotatable bonds is 6. The fourth-order valence-corrected chi connectivity index (χ4v) is 3.39. The molecule has 142 valence electrons. The van der Waals surface area contributed by atoms with E-state index in [0.29, 0.717) is 19.6 Å². The number of aliphatic hydroxyl groups is 1. The molecule has 0 radical (unpaired) electrons. The van der Waals surface area contributed by atoms with Crippen molar-refractivity contribution in [2.75, 3.05) is 32.7 Å². The maximum absolute atomic E-state index is 12.4. The Balaban J connectivity index is 0.00000288. The van der Waals surface area contributed by atoms with Crippen molar-refractivity contribution >= 4 is 29.9 Å². The molecular weight excluding hydrogens is 429 g/mol. The van der Waals surface area contributed by atoms with Crippen LogP contribution in [-0.4, -0.2) is 66.8 Å². The summed E-state index contributed by atoms with van der Waals surface area (Å²) in [7, 11) is 0. The lowest BCUT2D eigenvalue weighted by Crippen LogP contribution is -2.49. The molecule has 1 aliphatic heterocycles. The van der Waals surface area contributed by atoms with Gasteiger partial charge in [-0.25, -0.2) is 8.78 Å². The van der Waals surface area contributed by atoms with E-state index in [0.717, 1.165) is 51.0 Å². The van der Waals surface area contributed by atoms with Crippen molar-refractivity contribution in [1.82, 2.24) is 15.5 Å². The largest absolute Gasteiger partial charge is 0.388 e. The maximum Gasteiger partial charge on any atom is 0.251 e. The van der Waals surface area contributed by atoms with Crippen LogP contribution in [0.4, 0.5) is 8.78 Å². The predicted molar refractivity (Wildman–Crippen MR) is 103 cm³/mol. The van der Waals surface area contributed by atoms with E-state index in [1.165, 1.54) is 0 Å². The summed E-state index contributed by atoms with van der Waals surface area (Å²) in [4.78, 5) is 6.35. The molecule has 1 saturated heterocycles. The van der Waals surface area contributed by atoms with Crippen molar-refractivity contribution in [1.29, 1.82) is 0 Å². The van der Waals surface area contributed by atoms with E-state index in [9.17, 15) is 13.9 Å². The Hall–Kier alpha value is -0.220. The SMILES string of the molecule is CCNC(=NCC1(O)CCCC1)NC1CCN(CC(F)F)CC1.I. The van der Waals surface area contributed by atoms with E-state index in [2.05, 4.69) is 15.6 Å². The van der Waals surface area contributed by atoms with Crippen LogP contribution in [0.15, 0.2) is 4.99 Å². The zero-order valence-electron chi connectivity index (χ0n) is 14.4. The van der Waals surface area contributed by atoms with E-state index in [1.807, 2.05) is 11.8 Å². The molecule has 3 N–H and O–H groups in total. The van der Waals surface area contributed by atoms with Crippen LogP contribution in [0.2, 0.25) is 0 Å². The van der Waals surface area contributed by atoms with Gasteiger partial charge in [0.2, 0.25) is 0 Å². The van der Waals surface area contributed by atoms with Gasteiger partial charge >= 0.3 is 0 Å². The molecule has 0 spiro atoms. The van der Waals surface area contributed by atoms with Crippen molar-refractivity contribution < 1.29 is 13.9 Å². The van der Waals surface area contributed by atoms with Crippen molar-refractivity contribution in [2.45, 2.75) is 63.5 Å². The van der Waals surface area contributed by atoms with Crippen molar-refractivity contribution in [3.05, 3.63) is 0 Å². The Bertz CT molecular complexity index is 384. The Morgan fingerprint density at radius 3 is 2.46 bits per heavy atom. The van der Waals surface area contributed by atoms with Gasteiger partial charge in [-0.3, -0.25) is 9.89 Å². The number of nitrogens with one attached hydrogen (secondary N) is 2. The minimum Gasteiger partial charge on any atom is -0.388 e. The van der Waals surface area contributed by atoms with Gasteiger partial charge < -0.3 is 15.7 Å². The van der Waals surface area contributed by atoms with Gasteiger partial charge in [0.05, 0.1) is 18.7 Å². The molecule has 1 heterocycles. The first-order valence-electron chi connectivity index (χ1n) is 8.78. The fourth-order valence-electron chi connectivity index (χ4n) is 3.39. The van der Waals surface area contributed by atoms with Gasteiger partial charge in [0.1, 0.15) is 0 Å². The summed E-state index contributed by atoms with van der Waals surface area (Å²) in [6, 6.07) is 0.250. The number of halogens is 3. The Morgan fingerprint density at radius 1 is 1.29 bits per heavy atom. The molecule has 2 fully saturated rings. The number of piperidine rings is 1. The number of nitrogens with zero attached hydrogens (tertiary/aromatic N) is 2. The van der Waals surface area contributed by atoms with Gasteiger partial charge in [0, 0.05) is 25.7 Å². The van der Waals surface area contributed by atoms with E-state index in [4.69, 9.17) is 0 Å². The number of alkyl halides is 2. The minimum atomic E-state index is -2.26. The Morgan fingerprint density at radius 2 is 1.92 bits per heavy atom. The van der Waals surface area contributed by atoms with E-state index in [-0.39, 0.29) is 36.6 Å². The molecule has 0 aromatic heterocycles. The van der Waals surface area contributed by atoms with Gasteiger partial charge in [0.25, 0.3) is 6.43 Å². The zero-order valence-corrected chi connectivity index (χ0v) is 16.8. The highest BCUT2D eigenvalue weighted by Gasteiger charge is 2.31. The highest BCUT2D eigenvalue weighted by atomic mass is 127. The molecule has 0 aromatic rings. The monoisotopic (exact) mass is 460 g/mol. The third-order valence-electron chi connectivity index (χ3n) is 4.73. The lowest BCUT2D eigenvalue weighted by molar-refractivity contribution is 0.0573. The molecule has 0 amide bonds. The zero-order chi connectivity index (χ0) is 16.7. The van der Waals surface area contributed by atoms with Crippen LogP contribution in [-0.2, 0) is 0 Å².